The predicted octanol–water partition coefficient (Wildman–Crippen LogP) is 4.15. The van der Waals surface area contributed by atoms with Gasteiger partial charge in [-0.05, 0) is 36.6 Å². The first-order chi connectivity index (χ1) is 9.66. The molecule has 1 heterocycles. The summed E-state index contributed by atoms with van der Waals surface area (Å²) in [5.74, 6) is 1.13. The second kappa shape index (κ2) is 6.73. The van der Waals surface area contributed by atoms with E-state index in [1.807, 2.05) is 36.4 Å². The van der Waals surface area contributed by atoms with Crippen molar-refractivity contribution in [3.05, 3.63) is 46.0 Å². The Bertz CT molecular complexity index is 618. The molecule has 21 heavy (non-hydrogen) atoms. The van der Waals surface area contributed by atoms with Crippen molar-refractivity contribution in [2.24, 2.45) is 5.73 Å². The lowest BCUT2D eigenvalue weighted by molar-refractivity contribution is 0.364. The summed E-state index contributed by atoms with van der Waals surface area (Å²) in [6, 6.07) is 8.01. The molecule has 1 aromatic heterocycles. The van der Waals surface area contributed by atoms with E-state index in [0.717, 1.165) is 35.7 Å². The van der Waals surface area contributed by atoms with E-state index < -0.39 is 5.54 Å². The Morgan fingerprint density at radius 3 is 2.48 bits per heavy atom. The van der Waals surface area contributed by atoms with Crippen LogP contribution in [0, 0.1) is 0 Å². The topological polar surface area (TPSA) is 64.9 Å². The Balaban J connectivity index is 0.00000161. The average Bonchev–Trinajstić information content (AvgIpc) is 3.08. The van der Waals surface area contributed by atoms with Crippen LogP contribution in [0.3, 0.4) is 0 Å². The number of hydrogen-bond donors (Lipinski definition) is 1. The van der Waals surface area contributed by atoms with Gasteiger partial charge in [0.2, 0.25) is 0 Å². The number of nitrogens with two attached hydrogens (primary N) is 1. The van der Waals surface area contributed by atoms with Crippen molar-refractivity contribution >= 4 is 40.5 Å². The fourth-order valence-corrected chi connectivity index (χ4v) is 2.74. The van der Waals surface area contributed by atoms with Crippen LogP contribution < -0.4 is 5.73 Å². The zero-order valence-corrected chi connectivity index (χ0v) is 13.9. The van der Waals surface area contributed by atoms with Crippen molar-refractivity contribution in [3.8, 4) is 0 Å². The van der Waals surface area contributed by atoms with Crippen LogP contribution in [-0.4, -0.2) is 10.1 Å². The van der Waals surface area contributed by atoms with Gasteiger partial charge in [0.05, 0.1) is 5.54 Å². The summed E-state index contributed by atoms with van der Waals surface area (Å²) in [5, 5.41) is 4.03. The number of halogens is 2. The van der Waals surface area contributed by atoms with Gasteiger partial charge in [0.15, 0.2) is 5.82 Å². The zero-order chi connectivity index (χ0) is 14.0. The van der Waals surface area contributed by atoms with Crippen molar-refractivity contribution in [2.45, 2.75) is 31.2 Å². The Morgan fingerprint density at radius 2 is 1.81 bits per heavy atom. The first-order valence-electron chi connectivity index (χ1n) is 6.72. The number of rotatable bonds is 3. The number of benzene rings is 1. The lowest BCUT2D eigenvalue weighted by Crippen LogP contribution is -2.34. The largest absolute Gasteiger partial charge is 0.335 e. The molecule has 1 aliphatic rings. The Morgan fingerprint density at radius 1 is 1.14 bits per heavy atom. The highest BCUT2D eigenvalue weighted by molar-refractivity contribution is 9.10. The van der Waals surface area contributed by atoms with E-state index in [-0.39, 0.29) is 12.4 Å². The molecule has 0 unspecified atom stereocenters. The third-order valence-corrected chi connectivity index (χ3v) is 4.20. The molecule has 0 atom stereocenters. The molecule has 0 radical (unpaired) electrons. The van der Waals surface area contributed by atoms with Crippen LogP contribution in [0.1, 0.15) is 43.0 Å². The van der Waals surface area contributed by atoms with Crippen molar-refractivity contribution < 1.29 is 4.52 Å². The highest BCUT2D eigenvalue weighted by atomic mass is 79.9. The van der Waals surface area contributed by atoms with Gasteiger partial charge in [-0.1, -0.05) is 46.1 Å². The van der Waals surface area contributed by atoms with E-state index >= 15 is 0 Å². The molecular weight excluding hydrogens is 354 g/mol. The summed E-state index contributed by atoms with van der Waals surface area (Å²) in [6.07, 6.45) is 7.90. The van der Waals surface area contributed by atoms with Gasteiger partial charge in [0, 0.05) is 10.5 Å². The van der Waals surface area contributed by atoms with E-state index in [9.17, 15) is 0 Å². The quantitative estimate of drug-likeness (QED) is 0.881. The first kappa shape index (κ1) is 16.2. The lowest BCUT2D eigenvalue weighted by atomic mass is 9.99. The maximum absolute atomic E-state index is 6.30. The van der Waals surface area contributed by atoms with E-state index in [1.165, 1.54) is 0 Å². The van der Waals surface area contributed by atoms with Gasteiger partial charge < -0.3 is 10.3 Å². The molecule has 2 N–H and O–H groups in total. The molecule has 0 saturated heterocycles. The summed E-state index contributed by atoms with van der Waals surface area (Å²) >= 11 is 3.41. The maximum Gasteiger partial charge on any atom is 0.250 e. The van der Waals surface area contributed by atoms with Gasteiger partial charge in [-0.25, -0.2) is 0 Å². The van der Waals surface area contributed by atoms with Crippen LogP contribution in [0.5, 0.6) is 0 Å². The van der Waals surface area contributed by atoms with Crippen LogP contribution in [0.25, 0.3) is 12.2 Å². The minimum Gasteiger partial charge on any atom is -0.335 e. The summed E-state index contributed by atoms with van der Waals surface area (Å²) in [6.45, 7) is 0. The van der Waals surface area contributed by atoms with Gasteiger partial charge in [0.25, 0.3) is 5.89 Å². The molecule has 112 valence electrons. The third-order valence-electron chi connectivity index (χ3n) is 3.67. The Labute approximate surface area is 138 Å². The molecule has 0 spiro atoms. The van der Waals surface area contributed by atoms with Crippen molar-refractivity contribution in [2.75, 3.05) is 0 Å². The molecule has 1 fully saturated rings. The van der Waals surface area contributed by atoms with Gasteiger partial charge in [-0.3, -0.25) is 0 Å². The summed E-state index contributed by atoms with van der Waals surface area (Å²) < 4.78 is 6.31. The SMILES string of the molecule is Cl.NC1(c2noc(/C=C/c3ccc(Br)cc3)n2)CCCC1. The zero-order valence-electron chi connectivity index (χ0n) is 11.5. The second-order valence-electron chi connectivity index (χ2n) is 5.20. The molecule has 6 heteroatoms. The molecule has 1 saturated carbocycles. The Kier molecular flexibility index (Phi) is 5.19. The summed E-state index contributed by atoms with van der Waals surface area (Å²) in [4.78, 5) is 4.40. The first-order valence-corrected chi connectivity index (χ1v) is 7.52. The molecule has 4 nitrogen and oxygen atoms in total. The molecule has 1 aliphatic carbocycles. The molecule has 3 rings (SSSR count). The maximum atomic E-state index is 6.30. The minimum atomic E-state index is -0.396. The van der Waals surface area contributed by atoms with Crippen LogP contribution >= 0.6 is 28.3 Å². The van der Waals surface area contributed by atoms with Gasteiger partial charge >= 0.3 is 0 Å². The second-order valence-corrected chi connectivity index (χ2v) is 6.12. The van der Waals surface area contributed by atoms with E-state index in [2.05, 4.69) is 26.1 Å². The standard InChI is InChI=1S/C15H16BrN3O.ClH/c16-12-6-3-11(4-7-12)5-8-13-18-14(19-20-13)15(17)9-1-2-10-15;/h3-8H,1-2,9-10,17H2;1H/b8-5+;. The lowest BCUT2D eigenvalue weighted by Gasteiger charge is -2.17. The van der Waals surface area contributed by atoms with E-state index in [1.54, 1.807) is 0 Å². The molecule has 1 aromatic carbocycles. The summed E-state index contributed by atoms with van der Waals surface area (Å²) in [5.41, 5.74) is 6.99. The molecular formula is C15H17BrClN3O. The predicted molar refractivity (Wildman–Crippen MR) is 88.9 cm³/mol. The van der Waals surface area contributed by atoms with Crippen LogP contribution in [-0.2, 0) is 5.54 Å². The van der Waals surface area contributed by atoms with Crippen LogP contribution in [0.4, 0.5) is 0 Å². The normalized spacial score (nSPS) is 17.0. The van der Waals surface area contributed by atoms with E-state index in [4.69, 9.17) is 10.3 Å². The van der Waals surface area contributed by atoms with Crippen LogP contribution in [0.15, 0.2) is 33.3 Å². The molecule has 0 aliphatic heterocycles. The van der Waals surface area contributed by atoms with Gasteiger partial charge in [-0.2, -0.15) is 4.98 Å². The number of nitrogens with zero attached hydrogens (tertiary/aromatic N) is 2. The molecule has 2 aromatic rings. The number of aromatic nitrogens is 2. The highest BCUT2D eigenvalue weighted by Crippen LogP contribution is 2.34. The smallest absolute Gasteiger partial charge is 0.250 e. The summed E-state index contributed by atoms with van der Waals surface area (Å²) in [7, 11) is 0. The fraction of sp³-hybridized carbons (Fsp3) is 0.333. The van der Waals surface area contributed by atoms with Crippen LogP contribution in [0.2, 0.25) is 0 Å². The third kappa shape index (κ3) is 3.73. The van der Waals surface area contributed by atoms with E-state index in [0.29, 0.717) is 11.7 Å². The highest BCUT2D eigenvalue weighted by Gasteiger charge is 2.35. The van der Waals surface area contributed by atoms with Crippen molar-refractivity contribution in [1.29, 1.82) is 0 Å². The minimum absolute atomic E-state index is 0. The fourth-order valence-electron chi connectivity index (χ4n) is 2.48. The molecule has 0 amide bonds. The molecule has 0 bridgehead atoms. The van der Waals surface area contributed by atoms with Crippen molar-refractivity contribution in [3.63, 3.8) is 0 Å². The van der Waals surface area contributed by atoms with Gasteiger partial charge in [-0.15, -0.1) is 12.4 Å². The monoisotopic (exact) mass is 369 g/mol. The van der Waals surface area contributed by atoms with Gasteiger partial charge in [0.1, 0.15) is 0 Å². The van der Waals surface area contributed by atoms with Crippen molar-refractivity contribution in [1.82, 2.24) is 10.1 Å². The average molecular weight is 371 g/mol. The number of hydrogen-bond acceptors (Lipinski definition) is 4. The Hall–Kier alpha value is -1.17.